The van der Waals surface area contributed by atoms with Crippen molar-refractivity contribution in [2.24, 2.45) is 5.92 Å². The van der Waals surface area contributed by atoms with Gasteiger partial charge in [0.2, 0.25) is 11.8 Å². The maximum absolute atomic E-state index is 14.3. The standard InChI is InChI=1S/C44H51N7O5/c1-29(2)23-37(40(52)44(56)51-21-19-50(20-22-51)35-17-9-11-30(3)24-35)47-43(55)39(26-34-27-45-28-46-34)49-42(54)38(48-41(53)32-13-5-4-6-14-32)25-33-16-10-15-31-12-7-8-18-36(31)33/h4-18,24,27-29,37-40,52H,19-23,25-26H2,1-3H3,(H,45,46)(H,47,55)(H,48,53)(H,49,54)/t37-,38-,39-,40-/m0/s1. The van der Waals surface area contributed by atoms with E-state index in [2.05, 4.69) is 43.0 Å². The number of aryl methyl sites for hydroxylation is 1. The predicted octanol–water partition coefficient (Wildman–Crippen LogP) is 4.18. The number of piperazine rings is 1. The molecule has 1 saturated heterocycles. The number of imidazole rings is 1. The van der Waals surface area contributed by atoms with Gasteiger partial charge in [-0.3, -0.25) is 19.2 Å². The molecule has 1 aromatic heterocycles. The molecule has 292 valence electrons. The van der Waals surface area contributed by atoms with Crippen molar-refractivity contribution in [1.29, 1.82) is 0 Å². The van der Waals surface area contributed by atoms with Crippen molar-refractivity contribution in [3.63, 3.8) is 0 Å². The zero-order valence-corrected chi connectivity index (χ0v) is 32.2. The van der Waals surface area contributed by atoms with E-state index in [1.807, 2.05) is 75.4 Å². The minimum absolute atomic E-state index is 0.0276. The number of carbonyl (C=O) groups is 4. The van der Waals surface area contributed by atoms with Crippen LogP contribution in [0.5, 0.6) is 0 Å². The number of hydrogen-bond acceptors (Lipinski definition) is 7. The first-order valence-corrected chi connectivity index (χ1v) is 19.2. The fourth-order valence-corrected chi connectivity index (χ4v) is 7.26. The summed E-state index contributed by atoms with van der Waals surface area (Å²) in [6.45, 7) is 8.03. The summed E-state index contributed by atoms with van der Waals surface area (Å²) in [5, 5.41) is 22.2. The number of rotatable bonds is 15. The van der Waals surface area contributed by atoms with Crippen LogP contribution in [0.4, 0.5) is 5.69 Å². The van der Waals surface area contributed by atoms with Gasteiger partial charge in [0.15, 0.2) is 6.10 Å². The molecule has 12 nitrogen and oxygen atoms in total. The second-order valence-corrected chi connectivity index (χ2v) is 14.9. The third-order valence-electron chi connectivity index (χ3n) is 10.2. The van der Waals surface area contributed by atoms with Crippen molar-refractivity contribution in [3.05, 3.63) is 132 Å². The molecule has 6 rings (SSSR count). The molecule has 4 aromatic carbocycles. The number of benzene rings is 4. The summed E-state index contributed by atoms with van der Waals surface area (Å²) in [6, 6.07) is 27.4. The summed E-state index contributed by atoms with van der Waals surface area (Å²) in [5.74, 6) is -2.00. The Morgan fingerprint density at radius 3 is 2.18 bits per heavy atom. The molecule has 0 radical (unpaired) electrons. The van der Waals surface area contributed by atoms with Gasteiger partial charge in [-0.2, -0.15) is 0 Å². The van der Waals surface area contributed by atoms with Gasteiger partial charge >= 0.3 is 0 Å². The lowest BCUT2D eigenvalue weighted by Gasteiger charge is -2.38. The molecule has 0 unspecified atom stereocenters. The van der Waals surface area contributed by atoms with Crippen molar-refractivity contribution in [2.45, 2.75) is 64.3 Å². The van der Waals surface area contributed by atoms with Gasteiger partial charge in [0.25, 0.3) is 11.8 Å². The molecule has 5 N–H and O–H groups in total. The number of aromatic nitrogens is 2. The van der Waals surface area contributed by atoms with Crippen LogP contribution < -0.4 is 20.9 Å². The highest BCUT2D eigenvalue weighted by atomic mass is 16.3. The molecule has 1 fully saturated rings. The van der Waals surface area contributed by atoms with Crippen LogP contribution in [0.2, 0.25) is 0 Å². The van der Waals surface area contributed by atoms with Crippen LogP contribution in [0.3, 0.4) is 0 Å². The molecule has 5 aromatic rings. The number of carbonyl (C=O) groups excluding carboxylic acids is 4. The SMILES string of the molecule is Cc1cccc(N2CCN(C(=O)[C@@H](O)[C@H](CC(C)C)NC(=O)[C@H](Cc3cnc[nH]3)NC(=O)[C@H](Cc3cccc4ccccc34)NC(=O)c3ccccc3)CC2)c1. The van der Waals surface area contributed by atoms with E-state index in [-0.39, 0.29) is 18.8 Å². The number of nitrogens with one attached hydrogen (secondary N) is 4. The summed E-state index contributed by atoms with van der Waals surface area (Å²) < 4.78 is 0. The van der Waals surface area contributed by atoms with Crippen LogP contribution in [-0.2, 0) is 27.2 Å². The number of H-pyrrole nitrogens is 1. The summed E-state index contributed by atoms with van der Waals surface area (Å²) in [5.41, 5.74) is 4.08. The first-order valence-electron chi connectivity index (χ1n) is 19.2. The van der Waals surface area contributed by atoms with Crippen molar-refractivity contribution < 1.29 is 24.3 Å². The maximum atomic E-state index is 14.3. The average Bonchev–Trinajstić information content (AvgIpc) is 3.73. The zero-order chi connectivity index (χ0) is 39.6. The fourth-order valence-electron chi connectivity index (χ4n) is 7.26. The second kappa shape index (κ2) is 18.5. The number of aliphatic hydroxyl groups excluding tert-OH is 1. The molecule has 0 spiro atoms. The van der Waals surface area contributed by atoms with Crippen LogP contribution >= 0.6 is 0 Å². The molecule has 1 aliphatic heterocycles. The van der Waals surface area contributed by atoms with Gasteiger partial charge in [-0.1, -0.05) is 86.6 Å². The summed E-state index contributed by atoms with van der Waals surface area (Å²) in [7, 11) is 0. The van der Waals surface area contributed by atoms with Gasteiger partial charge in [0.1, 0.15) is 12.1 Å². The average molecular weight is 758 g/mol. The molecule has 2 heterocycles. The van der Waals surface area contributed by atoms with E-state index in [0.29, 0.717) is 43.9 Å². The highest BCUT2D eigenvalue weighted by molar-refractivity contribution is 5.99. The zero-order valence-electron chi connectivity index (χ0n) is 32.2. The highest BCUT2D eigenvalue weighted by Gasteiger charge is 2.36. The minimum atomic E-state index is -1.50. The van der Waals surface area contributed by atoms with Crippen LogP contribution in [0.25, 0.3) is 10.8 Å². The van der Waals surface area contributed by atoms with Crippen LogP contribution in [0.15, 0.2) is 110 Å². The van der Waals surface area contributed by atoms with Gasteiger partial charge in [-0.05, 0) is 65.4 Å². The van der Waals surface area contributed by atoms with Gasteiger partial charge in [0, 0.05) is 62.2 Å². The lowest BCUT2D eigenvalue weighted by Crippen LogP contribution is -2.60. The molecular formula is C44H51N7O5. The maximum Gasteiger partial charge on any atom is 0.253 e. The monoisotopic (exact) mass is 757 g/mol. The number of aromatic amines is 1. The van der Waals surface area contributed by atoms with Crippen LogP contribution in [0.1, 0.15) is 47.4 Å². The lowest BCUT2D eigenvalue weighted by molar-refractivity contribution is -0.143. The van der Waals surface area contributed by atoms with E-state index in [1.54, 1.807) is 41.4 Å². The third kappa shape index (κ3) is 10.2. The first-order chi connectivity index (χ1) is 27.0. The molecule has 12 heteroatoms. The Morgan fingerprint density at radius 2 is 1.46 bits per heavy atom. The lowest BCUT2D eigenvalue weighted by atomic mass is 9.96. The number of nitrogens with zero attached hydrogens (tertiary/aromatic N) is 3. The normalized spacial score (nSPS) is 15.2. The van der Waals surface area contributed by atoms with Crippen molar-refractivity contribution >= 4 is 40.1 Å². The largest absolute Gasteiger partial charge is 0.381 e. The highest BCUT2D eigenvalue weighted by Crippen LogP contribution is 2.22. The summed E-state index contributed by atoms with van der Waals surface area (Å²) in [6.07, 6.45) is 2.08. The van der Waals surface area contributed by atoms with Crippen LogP contribution in [0, 0.1) is 12.8 Å². The Morgan fingerprint density at radius 1 is 0.786 bits per heavy atom. The Balaban J connectivity index is 1.20. The van der Waals surface area contributed by atoms with Crippen molar-refractivity contribution in [2.75, 3.05) is 31.1 Å². The van der Waals surface area contributed by atoms with Gasteiger partial charge in [-0.15, -0.1) is 0 Å². The van der Waals surface area contributed by atoms with E-state index in [0.717, 1.165) is 27.6 Å². The van der Waals surface area contributed by atoms with Crippen LogP contribution in [-0.4, -0.2) is 94.0 Å². The van der Waals surface area contributed by atoms with Gasteiger partial charge < -0.3 is 35.8 Å². The quantitative estimate of drug-likeness (QED) is 0.107. The molecule has 0 aliphatic carbocycles. The fraction of sp³-hybridized carbons (Fsp3) is 0.341. The minimum Gasteiger partial charge on any atom is -0.381 e. The third-order valence-corrected chi connectivity index (χ3v) is 10.2. The topological polar surface area (TPSA) is 160 Å². The second-order valence-electron chi connectivity index (χ2n) is 14.9. The number of amides is 4. The summed E-state index contributed by atoms with van der Waals surface area (Å²) in [4.78, 5) is 66.7. The molecule has 4 amide bonds. The van der Waals surface area contributed by atoms with Gasteiger partial charge in [-0.25, -0.2) is 4.98 Å². The Hall–Kier alpha value is -6.01. The van der Waals surface area contributed by atoms with E-state index in [4.69, 9.17) is 0 Å². The van der Waals surface area contributed by atoms with E-state index >= 15 is 0 Å². The van der Waals surface area contributed by atoms with Crippen molar-refractivity contribution in [1.82, 2.24) is 30.8 Å². The summed E-state index contributed by atoms with van der Waals surface area (Å²) >= 11 is 0. The Bertz CT molecular complexity index is 2090. The Labute approximate surface area is 327 Å². The molecule has 1 aliphatic rings. The van der Waals surface area contributed by atoms with E-state index in [9.17, 15) is 24.3 Å². The smallest absolute Gasteiger partial charge is 0.253 e. The molecule has 4 atom stereocenters. The molecule has 0 bridgehead atoms. The van der Waals surface area contributed by atoms with Gasteiger partial charge in [0.05, 0.1) is 12.4 Å². The van der Waals surface area contributed by atoms with E-state index in [1.165, 1.54) is 6.33 Å². The number of aliphatic hydroxyl groups is 1. The van der Waals surface area contributed by atoms with E-state index < -0.39 is 47.9 Å². The number of anilines is 1. The molecule has 0 saturated carbocycles. The molecule has 56 heavy (non-hydrogen) atoms. The number of hydrogen-bond donors (Lipinski definition) is 5. The van der Waals surface area contributed by atoms with Crippen molar-refractivity contribution in [3.8, 4) is 0 Å². The predicted molar refractivity (Wildman–Crippen MR) is 217 cm³/mol. The Kier molecular flexibility index (Phi) is 13.1. The number of fused-ring (bicyclic) bond motifs is 1. The first kappa shape index (κ1) is 39.7. The molecular weight excluding hydrogens is 707 g/mol.